The van der Waals surface area contributed by atoms with E-state index in [0.29, 0.717) is 5.02 Å². The van der Waals surface area contributed by atoms with Crippen molar-refractivity contribution in [1.29, 1.82) is 0 Å². The Morgan fingerprint density at radius 1 is 1.00 bits per heavy atom. The molecule has 3 heteroatoms. The molecule has 0 fully saturated rings. The van der Waals surface area contributed by atoms with Gasteiger partial charge in [-0.25, -0.2) is 0 Å². The summed E-state index contributed by atoms with van der Waals surface area (Å²) in [5.41, 5.74) is 1.84. The summed E-state index contributed by atoms with van der Waals surface area (Å²) in [5.74, 6) is -0.307. The van der Waals surface area contributed by atoms with E-state index in [1.807, 2.05) is 42.5 Å². The highest BCUT2D eigenvalue weighted by atomic mass is 35.5. The lowest BCUT2D eigenvalue weighted by Crippen LogP contribution is -2.09. The van der Waals surface area contributed by atoms with Gasteiger partial charge in [-0.15, -0.1) is 0 Å². The molecular formula is C15H13ClO2. The average Bonchev–Trinajstić information content (AvgIpc) is 2.38. The number of halogens is 1. The molecule has 0 aliphatic rings. The van der Waals surface area contributed by atoms with Gasteiger partial charge in [0.15, 0.2) is 6.10 Å². The summed E-state index contributed by atoms with van der Waals surface area (Å²) >= 11 is 5.86. The molecule has 18 heavy (non-hydrogen) atoms. The van der Waals surface area contributed by atoms with Crippen LogP contribution in [0, 0.1) is 0 Å². The highest BCUT2D eigenvalue weighted by Gasteiger charge is 2.16. The molecule has 0 radical (unpaired) electrons. The monoisotopic (exact) mass is 260 g/mol. The predicted octanol–water partition coefficient (Wildman–Crippen LogP) is 3.99. The Labute approximate surface area is 111 Å². The van der Waals surface area contributed by atoms with E-state index < -0.39 is 0 Å². The molecular weight excluding hydrogens is 248 g/mol. The molecule has 0 heterocycles. The fraction of sp³-hybridized carbons (Fsp3) is 0.133. The summed E-state index contributed by atoms with van der Waals surface area (Å²) < 4.78 is 5.38. The third-order valence-corrected chi connectivity index (χ3v) is 2.81. The number of esters is 1. The van der Waals surface area contributed by atoms with Crippen molar-refractivity contribution in [2.24, 2.45) is 0 Å². The maximum absolute atomic E-state index is 11.2. The van der Waals surface area contributed by atoms with E-state index in [-0.39, 0.29) is 12.1 Å². The fourth-order valence-electron chi connectivity index (χ4n) is 1.76. The molecule has 0 saturated carbocycles. The van der Waals surface area contributed by atoms with E-state index >= 15 is 0 Å². The minimum absolute atomic E-state index is 0.307. The van der Waals surface area contributed by atoms with Crippen LogP contribution in [0.3, 0.4) is 0 Å². The molecule has 0 aliphatic carbocycles. The van der Waals surface area contributed by atoms with Gasteiger partial charge in [0.2, 0.25) is 0 Å². The van der Waals surface area contributed by atoms with E-state index in [2.05, 4.69) is 0 Å². The summed E-state index contributed by atoms with van der Waals surface area (Å²) in [4.78, 5) is 11.2. The van der Waals surface area contributed by atoms with E-state index in [4.69, 9.17) is 16.3 Å². The van der Waals surface area contributed by atoms with E-state index in [9.17, 15) is 4.79 Å². The van der Waals surface area contributed by atoms with Gasteiger partial charge in [-0.1, -0.05) is 54.1 Å². The molecule has 0 amide bonds. The number of rotatable bonds is 3. The van der Waals surface area contributed by atoms with E-state index in [0.717, 1.165) is 11.1 Å². The molecule has 0 saturated heterocycles. The van der Waals surface area contributed by atoms with Crippen molar-refractivity contribution in [3.8, 4) is 0 Å². The molecule has 0 N–H and O–H groups in total. The van der Waals surface area contributed by atoms with Crippen LogP contribution in [0.5, 0.6) is 0 Å². The molecule has 1 atom stereocenters. The summed E-state index contributed by atoms with van der Waals surface area (Å²) in [6.07, 6.45) is -0.388. The standard InChI is InChI=1S/C15H13ClO2/c1-11(17)18-15(12-5-3-2-4-6-12)13-7-9-14(16)10-8-13/h2-10,15H,1H3/t15-/m1/s1. The molecule has 0 aromatic heterocycles. The second kappa shape index (κ2) is 5.69. The zero-order valence-electron chi connectivity index (χ0n) is 9.97. The first-order chi connectivity index (χ1) is 8.66. The van der Waals surface area contributed by atoms with Crippen molar-refractivity contribution in [3.63, 3.8) is 0 Å². The molecule has 2 nitrogen and oxygen atoms in total. The Morgan fingerprint density at radius 2 is 1.56 bits per heavy atom. The van der Waals surface area contributed by atoms with Crippen molar-refractivity contribution in [3.05, 3.63) is 70.7 Å². The Bertz CT molecular complexity index is 520. The first-order valence-corrected chi connectivity index (χ1v) is 6.02. The van der Waals surface area contributed by atoms with Gasteiger partial charge >= 0.3 is 5.97 Å². The van der Waals surface area contributed by atoms with Crippen molar-refractivity contribution >= 4 is 17.6 Å². The minimum atomic E-state index is -0.388. The van der Waals surface area contributed by atoms with Crippen molar-refractivity contribution in [1.82, 2.24) is 0 Å². The second-order valence-corrected chi connectivity index (χ2v) is 4.39. The molecule has 0 spiro atoms. The molecule has 0 unspecified atom stereocenters. The van der Waals surface area contributed by atoms with Gasteiger partial charge < -0.3 is 4.74 Å². The normalized spacial score (nSPS) is 11.9. The SMILES string of the molecule is CC(=O)O[C@H](c1ccccc1)c1ccc(Cl)cc1. The van der Waals surface area contributed by atoms with Crippen LogP contribution >= 0.6 is 11.6 Å². The van der Waals surface area contributed by atoms with E-state index in [1.165, 1.54) is 6.92 Å². The summed E-state index contributed by atoms with van der Waals surface area (Å²) in [7, 11) is 0. The number of hydrogen-bond acceptors (Lipinski definition) is 2. The predicted molar refractivity (Wildman–Crippen MR) is 71.5 cm³/mol. The molecule has 0 aliphatic heterocycles. The first-order valence-electron chi connectivity index (χ1n) is 5.64. The van der Waals surface area contributed by atoms with Crippen molar-refractivity contribution < 1.29 is 9.53 Å². The number of ether oxygens (including phenoxy) is 1. The third-order valence-electron chi connectivity index (χ3n) is 2.56. The molecule has 0 bridgehead atoms. The largest absolute Gasteiger partial charge is 0.453 e. The van der Waals surface area contributed by atoms with Gasteiger partial charge in [0, 0.05) is 11.9 Å². The average molecular weight is 261 g/mol. The Hall–Kier alpha value is -1.80. The summed E-state index contributed by atoms with van der Waals surface area (Å²) in [5, 5.41) is 0.661. The Morgan fingerprint density at radius 3 is 2.11 bits per heavy atom. The zero-order chi connectivity index (χ0) is 13.0. The Kier molecular flexibility index (Phi) is 4.00. The van der Waals surface area contributed by atoms with Gasteiger partial charge in [-0.2, -0.15) is 0 Å². The van der Waals surface area contributed by atoms with Crippen LogP contribution in [0.2, 0.25) is 5.02 Å². The van der Waals surface area contributed by atoms with Crippen LogP contribution in [0.25, 0.3) is 0 Å². The van der Waals surface area contributed by atoms with Crippen LogP contribution in [-0.4, -0.2) is 5.97 Å². The lowest BCUT2D eigenvalue weighted by atomic mass is 10.0. The zero-order valence-corrected chi connectivity index (χ0v) is 10.7. The molecule has 2 rings (SSSR count). The van der Waals surface area contributed by atoms with Crippen molar-refractivity contribution in [2.45, 2.75) is 13.0 Å². The van der Waals surface area contributed by atoms with Crippen LogP contribution in [0.4, 0.5) is 0 Å². The van der Waals surface area contributed by atoms with E-state index in [1.54, 1.807) is 12.1 Å². The lowest BCUT2D eigenvalue weighted by Gasteiger charge is -2.17. The molecule has 92 valence electrons. The number of benzene rings is 2. The van der Waals surface area contributed by atoms with Crippen LogP contribution in [0.15, 0.2) is 54.6 Å². The summed E-state index contributed by atoms with van der Waals surface area (Å²) in [6.45, 7) is 1.41. The smallest absolute Gasteiger partial charge is 0.303 e. The highest BCUT2D eigenvalue weighted by molar-refractivity contribution is 6.30. The van der Waals surface area contributed by atoms with Gasteiger partial charge in [0.05, 0.1) is 0 Å². The summed E-state index contributed by atoms with van der Waals surface area (Å²) in [6, 6.07) is 16.9. The lowest BCUT2D eigenvalue weighted by molar-refractivity contribution is -0.144. The minimum Gasteiger partial charge on any atom is -0.453 e. The van der Waals surface area contributed by atoms with Crippen LogP contribution < -0.4 is 0 Å². The van der Waals surface area contributed by atoms with Gasteiger partial charge in [-0.05, 0) is 23.3 Å². The maximum Gasteiger partial charge on any atom is 0.303 e. The topological polar surface area (TPSA) is 26.3 Å². The van der Waals surface area contributed by atoms with Crippen molar-refractivity contribution in [2.75, 3.05) is 0 Å². The van der Waals surface area contributed by atoms with Gasteiger partial charge in [0.1, 0.15) is 0 Å². The van der Waals surface area contributed by atoms with Gasteiger partial charge in [0.25, 0.3) is 0 Å². The molecule has 2 aromatic rings. The van der Waals surface area contributed by atoms with Gasteiger partial charge in [-0.3, -0.25) is 4.79 Å². The molecule has 2 aromatic carbocycles. The number of carbonyl (C=O) groups is 1. The van der Waals surface area contributed by atoms with Crippen LogP contribution in [0.1, 0.15) is 24.2 Å². The first kappa shape index (κ1) is 12.7. The highest BCUT2D eigenvalue weighted by Crippen LogP contribution is 2.27. The third kappa shape index (κ3) is 3.11. The van der Waals surface area contributed by atoms with Crippen LogP contribution in [-0.2, 0) is 9.53 Å². The number of hydrogen-bond donors (Lipinski definition) is 0. The maximum atomic E-state index is 11.2. The quantitative estimate of drug-likeness (QED) is 0.780. The number of carbonyl (C=O) groups excluding carboxylic acids is 1. The second-order valence-electron chi connectivity index (χ2n) is 3.95. The Balaban J connectivity index is 2.36. The fourth-order valence-corrected chi connectivity index (χ4v) is 1.89.